The summed E-state index contributed by atoms with van der Waals surface area (Å²) in [4.78, 5) is 4.29. The van der Waals surface area contributed by atoms with E-state index in [9.17, 15) is 0 Å². The Kier molecular flexibility index (Phi) is 4.05. The van der Waals surface area contributed by atoms with E-state index in [-0.39, 0.29) is 0 Å². The van der Waals surface area contributed by atoms with E-state index in [1.807, 2.05) is 31.2 Å². The number of aryl methyl sites for hydroxylation is 1. The second kappa shape index (κ2) is 5.74. The van der Waals surface area contributed by atoms with Gasteiger partial charge in [-0.25, -0.2) is 4.98 Å². The van der Waals surface area contributed by atoms with Crippen LogP contribution in [0.15, 0.2) is 36.4 Å². The second-order valence-corrected chi connectivity index (χ2v) is 4.83. The predicted octanol–water partition coefficient (Wildman–Crippen LogP) is 4.28. The van der Waals surface area contributed by atoms with Gasteiger partial charge < -0.3 is 10.5 Å². The minimum atomic E-state index is 0.469. The molecule has 1 aromatic heterocycles. The van der Waals surface area contributed by atoms with Crippen LogP contribution in [0, 0.1) is 6.92 Å². The molecule has 3 heteroatoms. The molecule has 0 bridgehead atoms. The third kappa shape index (κ3) is 3.25. The zero-order chi connectivity index (χ0) is 13.8. The topological polar surface area (TPSA) is 48.1 Å². The summed E-state index contributed by atoms with van der Waals surface area (Å²) in [6.45, 7) is 6.32. The van der Waals surface area contributed by atoms with E-state index in [4.69, 9.17) is 10.5 Å². The van der Waals surface area contributed by atoms with Crippen LogP contribution in [-0.4, -0.2) is 4.98 Å². The Morgan fingerprint density at radius 3 is 2.47 bits per heavy atom. The highest BCUT2D eigenvalue weighted by molar-refractivity contribution is 5.50. The number of nitrogen functional groups attached to an aromatic ring is 1. The first-order chi connectivity index (χ1) is 9.10. The predicted molar refractivity (Wildman–Crippen MR) is 78.6 cm³/mol. The van der Waals surface area contributed by atoms with Gasteiger partial charge in [-0.2, -0.15) is 0 Å². The van der Waals surface area contributed by atoms with Gasteiger partial charge in [0.25, 0.3) is 0 Å². The van der Waals surface area contributed by atoms with Crippen LogP contribution in [0.1, 0.15) is 37.4 Å². The lowest BCUT2D eigenvalue weighted by Gasteiger charge is -2.11. The smallest absolute Gasteiger partial charge is 0.242 e. The van der Waals surface area contributed by atoms with Gasteiger partial charge in [0, 0.05) is 5.69 Å². The first kappa shape index (κ1) is 13.4. The monoisotopic (exact) mass is 256 g/mol. The highest BCUT2D eigenvalue weighted by Crippen LogP contribution is 2.27. The number of pyridine rings is 1. The SMILES string of the molecule is CCC(C)c1ccc(Oc2nc(C)ccc2N)cc1. The minimum Gasteiger partial charge on any atom is -0.437 e. The Morgan fingerprint density at radius 2 is 1.84 bits per heavy atom. The molecule has 0 saturated carbocycles. The summed E-state index contributed by atoms with van der Waals surface area (Å²) in [5.41, 5.74) is 8.61. The van der Waals surface area contributed by atoms with Gasteiger partial charge in [-0.15, -0.1) is 0 Å². The maximum absolute atomic E-state index is 5.85. The lowest BCUT2D eigenvalue weighted by molar-refractivity contribution is 0.464. The fourth-order valence-corrected chi connectivity index (χ4v) is 1.84. The highest BCUT2D eigenvalue weighted by Gasteiger charge is 2.06. The molecule has 1 heterocycles. The third-order valence-corrected chi connectivity index (χ3v) is 3.30. The van der Waals surface area contributed by atoms with Crippen LogP contribution in [0.5, 0.6) is 11.6 Å². The van der Waals surface area contributed by atoms with Gasteiger partial charge in [0.05, 0.1) is 5.69 Å². The van der Waals surface area contributed by atoms with Crippen LogP contribution in [-0.2, 0) is 0 Å². The quantitative estimate of drug-likeness (QED) is 0.888. The van der Waals surface area contributed by atoms with Crippen molar-refractivity contribution >= 4 is 5.69 Å². The molecule has 3 nitrogen and oxygen atoms in total. The summed E-state index contributed by atoms with van der Waals surface area (Å²) in [7, 11) is 0. The van der Waals surface area contributed by atoms with Crippen LogP contribution in [0.25, 0.3) is 0 Å². The average molecular weight is 256 g/mol. The lowest BCUT2D eigenvalue weighted by atomic mass is 9.99. The Balaban J connectivity index is 2.17. The van der Waals surface area contributed by atoms with E-state index < -0.39 is 0 Å². The molecule has 2 aromatic rings. The van der Waals surface area contributed by atoms with Crippen molar-refractivity contribution in [3.63, 3.8) is 0 Å². The van der Waals surface area contributed by atoms with Crippen LogP contribution in [0.3, 0.4) is 0 Å². The van der Waals surface area contributed by atoms with E-state index in [1.165, 1.54) is 5.56 Å². The Labute approximate surface area is 114 Å². The van der Waals surface area contributed by atoms with Crippen molar-refractivity contribution in [1.29, 1.82) is 0 Å². The first-order valence-electron chi connectivity index (χ1n) is 6.61. The van der Waals surface area contributed by atoms with Crippen molar-refractivity contribution < 1.29 is 4.74 Å². The molecule has 0 amide bonds. The number of hydrogen-bond donors (Lipinski definition) is 1. The molecule has 2 N–H and O–H groups in total. The number of nitrogens with zero attached hydrogens (tertiary/aromatic N) is 1. The van der Waals surface area contributed by atoms with Gasteiger partial charge in [0.1, 0.15) is 5.75 Å². The molecule has 0 aliphatic rings. The molecular weight excluding hydrogens is 236 g/mol. The van der Waals surface area contributed by atoms with Gasteiger partial charge >= 0.3 is 0 Å². The summed E-state index contributed by atoms with van der Waals surface area (Å²) in [5.74, 6) is 1.80. The minimum absolute atomic E-state index is 0.469. The van der Waals surface area contributed by atoms with Gasteiger partial charge in [-0.05, 0) is 49.1 Å². The molecule has 0 saturated heterocycles. The molecule has 2 rings (SSSR count). The Bertz CT molecular complexity index is 549. The van der Waals surface area contributed by atoms with E-state index in [0.29, 0.717) is 17.5 Å². The molecule has 19 heavy (non-hydrogen) atoms. The summed E-state index contributed by atoms with van der Waals surface area (Å²) in [6, 6.07) is 11.8. The first-order valence-corrected chi connectivity index (χ1v) is 6.61. The Hall–Kier alpha value is -2.03. The number of nitrogens with two attached hydrogens (primary N) is 1. The largest absolute Gasteiger partial charge is 0.437 e. The third-order valence-electron chi connectivity index (χ3n) is 3.30. The number of hydrogen-bond acceptors (Lipinski definition) is 3. The van der Waals surface area contributed by atoms with E-state index >= 15 is 0 Å². The van der Waals surface area contributed by atoms with Crippen LogP contribution in [0.2, 0.25) is 0 Å². The summed E-state index contributed by atoms with van der Waals surface area (Å²) >= 11 is 0. The number of aromatic nitrogens is 1. The summed E-state index contributed by atoms with van der Waals surface area (Å²) in [6.07, 6.45) is 1.13. The second-order valence-electron chi connectivity index (χ2n) is 4.83. The van der Waals surface area contributed by atoms with Gasteiger partial charge in [-0.1, -0.05) is 26.0 Å². The standard InChI is InChI=1S/C16H20N2O/c1-4-11(2)13-6-8-14(9-7-13)19-16-15(17)10-5-12(3)18-16/h5-11H,4,17H2,1-3H3. The fraction of sp³-hybridized carbons (Fsp3) is 0.312. The molecule has 0 fully saturated rings. The van der Waals surface area contributed by atoms with Gasteiger partial charge in [0.15, 0.2) is 0 Å². The molecule has 1 atom stereocenters. The number of anilines is 1. The zero-order valence-electron chi connectivity index (χ0n) is 11.7. The summed E-state index contributed by atoms with van der Waals surface area (Å²) < 4.78 is 5.72. The molecular formula is C16H20N2O. The van der Waals surface area contributed by atoms with E-state index in [0.717, 1.165) is 17.9 Å². The van der Waals surface area contributed by atoms with Crippen molar-refractivity contribution in [3.05, 3.63) is 47.7 Å². The normalized spacial score (nSPS) is 12.2. The van der Waals surface area contributed by atoms with Crippen molar-refractivity contribution in [2.75, 3.05) is 5.73 Å². The van der Waals surface area contributed by atoms with Crippen molar-refractivity contribution in [2.24, 2.45) is 0 Å². The molecule has 100 valence electrons. The lowest BCUT2D eigenvalue weighted by Crippen LogP contribution is -1.97. The van der Waals surface area contributed by atoms with Crippen molar-refractivity contribution in [2.45, 2.75) is 33.1 Å². The van der Waals surface area contributed by atoms with Crippen LogP contribution >= 0.6 is 0 Å². The Morgan fingerprint density at radius 1 is 1.16 bits per heavy atom. The maximum atomic E-state index is 5.85. The molecule has 1 aromatic carbocycles. The molecule has 1 unspecified atom stereocenters. The van der Waals surface area contributed by atoms with Crippen LogP contribution in [0.4, 0.5) is 5.69 Å². The van der Waals surface area contributed by atoms with Gasteiger partial charge in [0.2, 0.25) is 5.88 Å². The molecule has 0 radical (unpaired) electrons. The number of benzene rings is 1. The van der Waals surface area contributed by atoms with Crippen molar-refractivity contribution in [3.8, 4) is 11.6 Å². The zero-order valence-corrected chi connectivity index (χ0v) is 11.7. The van der Waals surface area contributed by atoms with Gasteiger partial charge in [-0.3, -0.25) is 0 Å². The fourth-order valence-electron chi connectivity index (χ4n) is 1.84. The number of ether oxygens (including phenoxy) is 1. The van der Waals surface area contributed by atoms with E-state index in [1.54, 1.807) is 0 Å². The average Bonchev–Trinajstić information content (AvgIpc) is 2.43. The highest BCUT2D eigenvalue weighted by atomic mass is 16.5. The van der Waals surface area contributed by atoms with E-state index in [2.05, 4.69) is 31.0 Å². The molecule has 0 spiro atoms. The molecule has 0 aliphatic heterocycles. The van der Waals surface area contributed by atoms with Crippen LogP contribution < -0.4 is 10.5 Å². The maximum Gasteiger partial charge on any atom is 0.242 e. The molecule has 0 aliphatic carbocycles. The number of rotatable bonds is 4. The van der Waals surface area contributed by atoms with Crippen molar-refractivity contribution in [1.82, 2.24) is 4.98 Å². The summed E-state index contributed by atoms with van der Waals surface area (Å²) in [5, 5.41) is 0.